The average Bonchev–Trinajstić information content (AvgIpc) is 3.15. The lowest BCUT2D eigenvalue weighted by Crippen LogP contribution is -2.07. The van der Waals surface area contributed by atoms with Gasteiger partial charge in [0.15, 0.2) is 0 Å². The third kappa shape index (κ3) is 3.91. The Morgan fingerprint density at radius 1 is 0.724 bits per heavy atom. The van der Waals surface area contributed by atoms with Crippen LogP contribution in [-0.4, -0.2) is 10.2 Å². The number of aromatic nitrogens is 2. The number of rotatable bonds is 3. The molecule has 0 atom stereocenters. The summed E-state index contributed by atoms with van der Waals surface area (Å²) in [6.45, 7) is 0. The number of aromatic amines is 1. The number of alkyl halides is 3. The predicted molar refractivity (Wildman–Crippen MR) is 112 cm³/mol. The molecule has 0 saturated carbocycles. The van der Waals surface area contributed by atoms with E-state index in [-0.39, 0.29) is 11.3 Å². The molecule has 3 nitrogen and oxygen atoms in total. The Labute approximate surface area is 173 Å². The maximum Gasteiger partial charge on any atom is 0.433 e. The number of hydrogen-bond donors (Lipinski definition) is 2. The molecule has 4 aromatic rings. The Morgan fingerprint density at radius 3 is 1.76 bits per heavy atom. The van der Waals surface area contributed by atoms with Crippen molar-refractivity contribution in [2.45, 2.75) is 6.18 Å². The molecule has 0 unspecified atom stereocenters. The van der Waals surface area contributed by atoms with Crippen LogP contribution < -0.4 is 5.73 Å². The number of halogens is 4. The van der Waals surface area contributed by atoms with Crippen LogP contribution in [0.1, 0.15) is 5.69 Å². The highest BCUT2D eigenvalue weighted by atomic mass is 79.9. The normalized spacial score (nSPS) is 11.6. The fourth-order valence-corrected chi connectivity index (χ4v) is 3.41. The minimum atomic E-state index is -4.56. The first-order valence-corrected chi connectivity index (χ1v) is 9.50. The predicted octanol–water partition coefficient (Wildman–Crippen LogP) is 6.77. The molecule has 1 heterocycles. The summed E-state index contributed by atoms with van der Waals surface area (Å²) in [6, 6.07) is 21.4. The SMILES string of the molecule is Nc1ccc(-c2c(-c3ccc(-c4ccc(Br)cc4)cc3)n[nH]c2C(F)(F)F)cc1. The van der Waals surface area contributed by atoms with Crippen molar-refractivity contribution in [1.29, 1.82) is 0 Å². The van der Waals surface area contributed by atoms with Gasteiger partial charge in [-0.3, -0.25) is 5.10 Å². The molecule has 0 aliphatic heterocycles. The zero-order valence-corrected chi connectivity index (χ0v) is 16.6. The maximum atomic E-state index is 13.6. The summed E-state index contributed by atoms with van der Waals surface area (Å²) in [5, 5.41) is 6.15. The molecule has 7 heteroatoms. The number of H-pyrrole nitrogens is 1. The molecule has 0 bridgehead atoms. The van der Waals surface area contributed by atoms with Gasteiger partial charge in [0.1, 0.15) is 11.4 Å². The second-order valence-electron chi connectivity index (χ2n) is 6.53. The van der Waals surface area contributed by atoms with Crippen molar-refractivity contribution in [3.63, 3.8) is 0 Å². The fourth-order valence-electron chi connectivity index (χ4n) is 3.15. The van der Waals surface area contributed by atoms with E-state index in [4.69, 9.17) is 5.73 Å². The first-order chi connectivity index (χ1) is 13.8. The summed E-state index contributed by atoms with van der Waals surface area (Å²) in [7, 11) is 0. The molecule has 0 radical (unpaired) electrons. The average molecular weight is 458 g/mol. The highest BCUT2D eigenvalue weighted by molar-refractivity contribution is 9.10. The highest BCUT2D eigenvalue weighted by Crippen LogP contribution is 2.41. The van der Waals surface area contributed by atoms with Crippen LogP contribution in [-0.2, 0) is 6.18 Å². The van der Waals surface area contributed by atoms with Gasteiger partial charge in [0.25, 0.3) is 0 Å². The molecule has 0 aliphatic carbocycles. The minimum absolute atomic E-state index is 0.00823. The molecule has 0 amide bonds. The van der Waals surface area contributed by atoms with Crippen molar-refractivity contribution in [3.8, 4) is 33.5 Å². The molecule has 0 spiro atoms. The lowest BCUT2D eigenvalue weighted by Gasteiger charge is -2.10. The van der Waals surface area contributed by atoms with Crippen molar-refractivity contribution < 1.29 is 13.2 Å². The zero-order valence-electron chi connectivity index (χ0n) is 15.0. The van der Waals surface area contributed by atoms with Gasteiger partial charge in [0.2, 0.25) is 0 Å². The van der Waals surface area contributed by atoms with Crippen LogP contribution in [0.25, 0.3) is 33.5 Å². The first-order valence-electron chi connectivity index (χ1n) is 8.71. The van der Waals surface area contributed by atoms with Gasteiger partial charge in [-0.25, -0.2) is 0 Å². The molecule has 146 valence electrons. The van der Waals surface area contributed by atoms with E-state index >= 15 is 0 Å². The van der Waals surface area contributed by atoms with E-state index in [1.54, 1.807) is 36.4 Å². The largest absolute Gasteiger partial charge is 0.433 e. The highest BCUT2D eigenvalue weighted by Gasteiger charge is 2.38. The summed E-state index contributed by atoms with van der Waals surface area (Å²) in [5.74, 6) is 0. The number of anilines is 1. The van der Waals surface area contributed by atoms with Gasteiger partial charge in [0, 0.05) is 21.3 Å². The summed E-state index contributed by atoms with van der Waals surface area (Å²) >= 11 is 3.40. The molecule has 29 heavy (non-hydrogen) atoms. The Bertz CT molecular complexity index is 1130. The van der Waals surface area contributed by atoms with E-state index < -0.39 is 11.9 Å². The topological polar surface area (TPSA) is 54.7 Å². The van der Waals surface area contributed by atoms with Crippen molar-refractivity contribution in [2.75, 3.05) is 5.73 Å². The number of nitrogens with one attached hydrogen (secondary N) is 1. The van der Waals surface area contributed by atoms with E-state index in [0.717, 1.165) is 15.6 Å². The summed E-state index contributed by atoms with van der Waals surface area (Å²) < 4.78 is 41.7. The van der Waals surface area contributed by atoms with Crippen LogP contribution in [0.5, 0.6) is 0 Å². The quantitative estimate of drug-likeness (QED) is 0.333. The van der Waals surface area contributed by atoms with Gasteiger partial charge in [-0.15, -0.1) is 0 Å². The van der Waals surface area contributed by atoms with Crippen molar-refractivity contribution in [3.05, 3.63) is 83.0 Å². The van der Waals surface area contributed by atoms with E-state index in [1.165, 1.54) is 0 Å². The summed E-state index contributed by atoms with van der Waals surface area (Å²) in [5.41, 5.74) is 8.49. The first kappa shape index (κ1) is 19.3. The zero-order chi connectivity index (χ0) is 20.6. The molecule has 0 fully saturated rings. The van der Waals surface area contributed by atoms with Crippen molar-refractivity contribution in [2.24, 2.45) is 0 Å². The van der Waals surface area contributed by atoms with E-state index in [9.17, 15) is 13.2 Å². The second kappa shape index (κ2) is 7.40. The molecule has 3 aromatic carbocycles. The number of nitrogens with zero attached hydrogens (tertiary/aromatic N) is 1. The lowest BCUT2D eigenvalue weighted by molar-refractivity contribution is -0.140. The molecular formula is C22H15BrF3N3. The third-order valence-electron chi connectivity index (χ3n) is 4.59. The monoisotopic (exact) mass is 457 g/mol. The van der Waals surface area contributed by atoms with Crippen LogP contribution in [0.4, 0.5) is 18.9 Å². The Kier molecular flexibility index (Phi) is 4.92. The van der Waals surface area contributed by atoms with Gasteiger partial charge >= 0.3 is 6.18 Å². The third-order valence-corrected chi connectivity index (χ3v) is 5.11. The number of hydrogen-bond acceptors (Lipinski definition) is 2. The van der Waals surface area contributed by atoms with Crippen molar-refractivity contribution in [1.82, 2.24) is 10.2 Å². The van der Waals surface area contributed by atoms with Crippen LogP contribution >= 0.6 is 15.9 Å². The summed E-state index contributed by atoms with van der Waals surface area (Å²) in [4.78, 5) is 0. The fraction of sp³-hybridized carbons (Fsp3) is 0.0455. The Morgan fingerprint density at radius 2 is 1.21 bits per heavy atom. The maximum absolute atomic E-state index is 13.6. The van der Waals surface area contributed by atoms with Crippen LogP contribution in [0.15, 0.2) is 77.3 Å². The minimum Gasteiger partial charge on any atom is -0.399 e. The Hall–Kier alpha value is -3.06. The molecule has 0 aliphatic rings. The molecule has 1 aromatic heterocycles. The van der Waals surface area contributed by atoms with Crippen LogP contribution in [0, 0.1) is 0 Å². The van der Waals surface area contributed by atoms with Crippen LogP contribution in [0.3, 0.4) is 0 Å². The van der Waals surface area contributed by atoms with Gasteiger partial charge in [-0.1, -0.05) is 64.5 Å². The summed E-state index contributed by atoms with van der Waals surface area (Å²) in [6.07, 6.45) is -4.56. The Balaban J connectivity index is 1.79. The molecule has 0 saturated heterocycles. The van der Waals surface area contributed by atoms with Gasteiger partial charge < -0.3 is 5.73 Å². The number of benzene rings is 3. The van der Waals surface area contributed by atoms with E-state index in [2.05, 4.69) is 26.1 Å². The van der Waals surface area contributed by atoms with E-state index in [0.29, 0.717) is 16.8 Å². The molecular weight excluding hydrogens is 443 g/mol. The van der Waals surface area contributed by atoms with E-state index in [1.807, 2.05) is 36.4 Å². The van der Waals surface area contributed by atoms with Gasteiger partial charge in [-0.2, -0.15) is 18.3 Å². The molecule has 4 rings (SSSR count). The second-order valence-corrected chi connectivity index (χ2v) is 7.44. The lowest BCUT2D eigenvalue weighted by atomic mass is 9.97. The van der Waals surface area contributed by atoms with Gasteiger partial charge in [-0.05, 0) is 41.0 Å². The standard InChI is InChI=1S/C22H15BrF3N3/c23-17-9-5-14(6-10-17)13-1-3-16(4-2-13)20-19(15-7-11-18(27)12-8-15)21(29-28-20)22(24,25)26/h1-12H,27H2,(H,28,29). The molecule has 3 N–H and O–H groups in total. The van der Waals surface area contributed by atoms with Crippen LogP contribution in [0.2, 0.25) is 0 Å². The van der Waals surface area contributed by atoms with Gasteiger partial charge in [0.05, 0.1) is 0 Å². The number of nitrogen functional groups attached to an aromatic ring is 1. The smallest absolute Gasteiger partial charge is 0.399 e. The van der Waals surface area contributed by atoms with Crippen molar-refractivity contribution >= 4 is 21.6 Å². The number of nitrogens with two attached hydrogens (primary N) is 1.